The smallest absolute Gasteiger partial charge is 0.331 e. The molecule has 4 aromatic rings. The molecule has 1 aromatic heterocycles. The van der Waals surface area contributed by atoms with Crippen molar-refractivity contribution < 1.29 is 9.90 Å². The lowest BCUT2D eigenvalue weighted by Crippen LogP contribution is -2.36. The fourth-order valence-corrected chi connectivity index (χ4v) is 4.04. The maximum absolute atomic E-state index is 11.5. The van der Waals surface area contributed by atoms with E-state index in [-0.39, 0.29) is 5.57 Å². The van der Waals surface area contributed by atoms with Crippen LogP contribution in [0.5, 0.6) is 0 Å². The van der Waals surface area contributed by atoms with Crippen LogP contribution >= 0.6 is 0 Å². The Labute approximate surface area is 182 Å². The number of aliphatic carboxylic acids is 1. The van der Waals surface area contributed by atoms with Crippen LogP contribution in [-0.4, -0.2) is 20.6 Å². The molecular weight excluding hydrogens is 384 g/mol. The number of imidazole rings is 1. The predicted molar refractivity (Wildman–Crippen MR) is 123 cm³/mol. The van der Waals surface area contributed by atoms with E-state index in [1.165, 1.54) is 0 Å². The van der Waals surface area contributed by atoms with Gasteiger partial charge in [-0.1, -0.05) is 91.0 Å². The summed E-state index contributed by atoms with van der Waals surface area (Å²) >= 11 is 0. The van der Waals surface area contributed by atoms with Crippen molar-refractivity contribution in [2.24, 2.45) is 0 Å². The molecule has 4 rings (SSSR count). The number of carboxylic acid groups (broad SMARTS) is 1. The summed E-state index contributed by atoms with van der Waals surface area (Å²) in [5.41, 5.74) is 4.19. The number of hydrogen-bond acceptors (Lipinski definition) is 2. The molecule has 0 radical (unpaired) electrons. The summed E-state index contributed by atoms with van der Waals surface area (Å²) in [5.74, 6) is -0.938. The molecule has 0 atom stereocenters. The number of rotatable bonds is 6. The zero-order chi connectivity index (χ0) is 21.8. The van der Waals surface area contributed by atoms with Gasteiger partial charge in [0.05, 0.1) is 12.0 Å². The Balaban J connectivity index is 2.05. The quantitative estimate of drug-likeness (QED) is 0.334. The monoisotopic (exact) mass is 408 g/mol. The van der Waals surface area contributed by atoms with Gasteiger partial charge in [-0.3, -0.25) is 0 Å². The zero-order valence-electron chi connectivity index (χ0n) is 17.6. The molecule has 3 aromatic carbocycles. The highest BCUT2D eigenvalue weighted by Gasteiger charge is 2.38. The molecule has 0 aliphatic carbocycles. The predicted octanol–water partition coefficient (Wildman–Crippen LogP) is 5.60. The lowest BCUT2D eigenvalue weighted by molar-refractivity contribution is -0.132. The van der Waals surface area contributed by atoms with Crippen molar-refractivity contribution in [2.75, 3.05) is 0 Å². The summed E-state index contributed by atoms with van der Waals surface area (Å²) in [5, 5.41) is 9.42. The van der Waals surface area contributed by atoms with Gasteiger partial charge in [-0.2, -0.15) is 0 Å². The molecule has 0 saturated carbocycles. The van der Waals surface area contributed by atoms with Crippen molar-refractivity contribution in [1.29, 1.82) is 0 Å². The highest BCUT2D eigenvalue weighted by Crippen LogP contribution is 2.41. The van der Waals surface area contributed by atoms with Gasteiger partial charge in [0.1, 0.15) is 5.54 Å². The van der Waals surface area contributed by atoms with Gasteiger partial charge >= 0.3 is 5.97 Å². The molecule has 31 heavy (non-hydrogen) atoms. The summed E-state index contributed by atoms with van der Waals surface area (Å²) in [4.78, 5) is 16.1. The van der Waals surface area contributed by atoms with E-state index in [1.807, 2.05) is 60.8 Å². The zero-order valence-corrected chi connectivity index (χ0v) is 17.6. The van der Waals surface area contributed by atoms with E-state index in [4.69, 9.17) is 0 Å². The van der Waals surface area contributed by atoms with Crippen LogP contribution < -0.4 is 0 Å². The first-order valence-electron chi connectivity index (χ1n) is 10.2. The summed E-state index contributed by atoms with van der Waals surface area (Å²) in [7, 11) is 0. The number of carbonyl (C=O) groups is 1. The maximum atomic E-state index is 11.5. The van der Waals surface area contributed by atoms with Crippen LogP contribution in [0.2, 0.25) is 0 Å². The van der Waals surface area contributed by atoms with Gasteiger partial charge in [0, 0.05) is 11.8 Å². The molecule has 0 amide bonds. The van der Waals surface area contributed by atoms with Crippen molar-refractivity contribution in [2.45, 2.75) is 19.4 Å². The van der Waals surface area contributed by atoms with Crippen LogP contribution in [0, 0.1) is 0 Å². The van der Waals surface area contributed by atoms with Crippen LogP contribution in [0.3, 0.4) is 0 Å². The summed E-state index contributed by atoms with van der Waals surface area (Å²) in [6.45, 7) is 3.40. The topological polar surface area (TPSA) is 55.1 Å². The van der Waals surface area contributed by atoms with Crippen molar-refractivity contribution >= 4 is 11.5 Å². The van der Waals surface area contributed by atoms with Crippen molar-refractivity contribution in [3.05, 3.63) is 131 Å². The van der Waals surface area contributed by atoms with E-state index >= 15 is 0 Å². The largest absolute Gasteiger partial charge is 0.478 e. The molecule has 154 valence electrons. The Morgan fingerprint density at radius 1 is 0.774 bits per heavy atom. The molecule has 4 heteroatoms. The lowest BCUT2D eigenvalue weighted by Gasteiger charge is -2.37. The maximum Gasteiger partial charge on any atom is 0.331 e. The second-order valence-corrected chi connectivity index (χ2v) is 7.53. The molecule has 4 nitrogen and oxygen atoms in total. The van der Waals surface area contributed by atoms with Crippen LogP contribution in [-0.2, 0) is 10.3 Å². The Bertz CT molecular complexity index is 1110. The summed E-state index contributed by atoms with van der Waals surface area (Å²) < 4.78 is 2.08. The average Bonchev–Trinajstić information content (AvgIpc) is 3.31. The Morgan fingerprint density at radius 3 is 1.58 bits per heavy atom. The molecule has 0 spiro atoms. The van der Waals surface area contributed by atoms with Gasteiger partial charge in [-0.05, 0) is 36.1 Å². The normalized spacial score (nSPS) is 12.3. The molecule has 1 heterocycles. The van der Waals surface area contributed by atoms with Gasteiger partial charge < -0.3 is 9.67 Å². The minimum absolute atomic E-state index is 0.287. The van der Waals surface area contributed by atoms with Crippen molar-refractivity contribution in [3.8, 4) is 0 Å². The fourth-order valence-electron chi connectivity index (χ4n) is 4.04. The third kappa shape index (κ3) is 3.57. The average molecular weight is 409 g/mol. The Hall–Kier alpha value is -3.92. The van der Waals surface area contributed by atoms with Gasteiger partial charge in [-0.15, -0.1) is 0 Å². The minimum atomic E-state index is -0.938. The van der Waals surface area contributed by atoms with E-state index in [1.54, 1.807) is 20.2 Å². The highest BCUT2D eigenvalue weighted by atomic mass is 16.4. The first-order chi connectivity index (χ1) is 15.0. The number of nitrogens with zero attached hydrogens (tertiary/aromatic N) is 2. The second-order valence-electron chi connectivity index (χ2n) is 7.53. The molecule has 0 unspecified atom stereocenters. The Kier molecular flexibility index (Phi) is 5.54. The van der Waals surface area contributed by atoms with Crippen molar-refractivity contribution in [1.82, 2.24) is 9.55 Å². The first kappa shape index (κ1) is 20.4. The van der Waals surface area contributed by atoms with Gasteiger partial charge in [0.25, 0.3) is 0 Å². The van der Waals surface area contributed by atoms with E-state index in [0.29, 0.717) is 11.3 Å². The molecule has 0 aliphatic rings. The first-order valence-corrected chi connectivity index (χ1v) is 10.2. The van der Waals surface area contributed by atoms with Gasteiger partial charge in [0.15, 0.2) is 0 Å². The number of aromatic nitrogens is 2. The minimum Gasteiger partial charge on any atom is -0.478 e. The Morgan fingerprint density at radius 2 is 1.19 bits per heavy atom. The summed E-state index contributed by atoms with van der Waals surface area (Å²) in [6, 6.07) is 30.9. The number of allylic oxidation sites excluding steroid dienone is 1. The molecule has 0 fully saturated rings. The molecule has 1 N–H and O–H groups in total. The van der Waals surface area contributed by atoms with E-state index in [2.05, 4.69) is 45.9 Å². The van der Waals surface area contributed by atoms with Gasteiger partial charge in [-0.25, -0.2) is 9.78 Å². The molecular formula is C27H24N2O2. The summed E-state index contributed by atoms with van der Waals surface area (Å²) in [6.07, 6.45) is 3.73. The van der Waals surface area contributed by atoms with E-state index in [9.17, 15) is 9.90 Å². The van der Waals surface area contributed by atoms with Crippen LogP contribution in [0.4, 0.5) is 0 Å². The van der Waals surface area contributed by atoms with Gasteiger partial charge in [0.2, 0.25) is 0 Å². The van der Waals surface area contributed by atoms with E-state index < -0.39 is 11.5 Å². The third-order valence-corrected chi connectivity index (χ3v) is 5.81. The van der Waals surface area contributed by atoms with E-state index in [0.717, 1.165) is 16.7 Å². The standard InChI is InChI=1S/C27H24N2O2/c1-20(21(2)26(30)31)25-18-29(19-28-25)27(22-12-6-3-7-13-22,23-14-8-4-9-15-23)24-16-10-5-11-17-24/h3-19H,1-2H3,(H,30,31). The van der Waals surface area contributed by atoms with Crippen LogP contribution in [0.15, 0.2) is 109 Å². The number of benzene rings is 3. The molecule has 0 saturated heterocycles. The fraction of sp³-hybridized carbons (Fsp3) is 0.111. The van der Waals surface area contributed by atoms with Crippen LogP contribution in [0.25, 0.3) is 5.57 Å². The van der Waals surface area contributed by atoms with Crippen LogP contribution in [0.1, 0.15) is 36.2 Å². The second kappa shape index (κ2) is 8.44. The molecule has 0 bridgehead atoms. The number of hydrogen-bond donors (Lipinski definition) is 1. The molecule has 0 aliphatic heterocycles. The highest BCUT2D eigenvalue weighted by molar-refractivity contribution is 5.94. The van der Waals surface area contributed by atoms with Crippen molar-refractivity contribution in [3.63, 3.8) is 0 Å². The number of carboxylic acids is 1. The third-order valence-electron chi connectivity index (χ3n) is 5.81. The lowest BCUT2D eigenvalue weighted by atomic mass is 9.77. The SMILES string of the molecule is CC(C(=O)O)=C(C)c1cn(C(c2ccccc2)(c2ccccc2)c2ccccc2)cn1.